The number of rotatable bonds is 3. The van der Waals surface area contributed by atoms with Crippen molar-refractivity contribution in [2.24, 2.45) is 5.73 Å². The van der Waals surface area contributed by atoms with E-state index in [0.29, 0.717) is 12.2 Å². The predicted molar refractivity (Wildman–Crippen MR) is 91.1 cm³/mol. The largest absolute Gasteiger partial charge is 0.333 e. The van der Waals surface area contributed by atoms with Gasteiger partial charge in [0.25, 0.3) is 5.91 Å². The zero-order valence-electron chi connectivity index (χ0n) is 13.2. The molecule has 23 heavy (non-hydrogen) atoms. The Morgan fingerprint density at radius 3 is 2.96 bits per heavy atom. The van der Waals surface area contributed by atoms with Gasteiger partial charge in [0, 0.05) is 19.1 Å². The molecule has 2 aromatic rings. The second kappa shape index (κ2) is 7.57. The minimum Gasteiger partial charge on any atom is -0.333 e. The lowest BCUT2D eigenvalue weighted by Gasteiger charge is -2.34. The number of aromatic nitrogens is 3. The van der Waals surface area contributed by atoms with Crippen LogP contribution >= 0.6 is 12.4 Å². The lowest BCUT2D eigenvalue weighted by molar-refractivity contribution is 0.0617. The van der Waals surface area contributed by atoms with Crippen LogP contribution in [0.3, 0.4) is 0 Å². The first-order valence-electron chi connectivity index (χ1n) is 7.69. The number of hydrogen-bond acceptors (Lipinski definition) is 4. The van der Waals surface area contributed by atoms with E-state index in [2.05, 4.69) is 10.3 Å². The number of amides is 1. The molecule has 0 spiro atoms. The van der Waals surface area contributed by atoms with Crippen LogP contribution in [0.5, 0.6) is 0 Å². The van der Waals surface area contributed by atoms with Gasteiger partial charge in [0.2, 0.25) is 0 Å². The van der Waals surface area contributed by atoms with Crippen LogP contribution in [0, 0.1) is 6.92 Å². The maximum atomic E-state index is 12.6. The molecule has 1 fully saturated rings. The van der Waals surface area contributed by atoms with Crippen molar-refractivity contribution in [2.45, 2.75) is 32.2 Å². The Morgan fingerprint density at radius 1 is 1.39 bits per heavy atom. The number of carbonyl (C=O) groups is 1. The lowest BCUT2D eigenvalue weighted by atomic mass is 10.0. The zero-order chi connectivity index (χ0) is 15.5. The molecule has 1 aliphatic heterocycles. The Balaban J connectivity index is 0.00000192. The highest BCUT2D eigenvalue weighted by molar-refractivity contribution is 5.92. The van der Waals surface area contributed by atoms with Crippen LogP contribution in [0.25, 0.3) is 5.69 Å². The summed E-state index contributed by atoms with van der Waals surface area (Å²) in [6, 6.07) is 8.05. The van der Waals surface area contributed by atoms with Crippen LogP contribution in [-0.2, 0) is 0 Å². The summed E-state index contributed by atoms with van der Waals surface area (Å²) in [6.45, 7) is 3.27. The molecule has 3 rings (SSSR count). The van der Waals surface area contributed by atoms with Gasteiger partial charge < -0.3 is 10.6 Å². The van der Waals surface area contributed by atoms with E-state index in [1.54, 1.807) is 10.9 Å². The molecule has 6 nitrogen and oxygen atoms in total. The minimum atomic E-state index is -0.0750. The van der Waals surface area contributed by atoms with E-state index in [9.17, 15) is 4.79 Å². The van der Waals surface area contributed by atoms with E-state index >= 15 is 0 Å². The van der Waals surface area contributed by atoms with E-state index in [-0.39, 0.29) is 24.4 Å². The number of nitrogens with zero attached hydrogens (tertiary/aromatic N) is 4. The first-order chi connectivity index (χ1) is 10.7. The molecule has 1 aliphatic rings. The van der Waals surface area contributed by atoms with Crippen molar-refractivity contribution in [1.82, 2.24) is 19.9 Å². The van der Waals surface area contributed by atoms with Crippen LogP contribution in [0.1, 0.15) is 35.3 Å². The second-order valence-corrected chi connectivity index (χ2v) is 5.77. The molecule has 0 aliphatic carbocycles. The van der Waals surface area contributed by atoms with Crippen LogP contribution in [0.4, 0.5) is 0 Å². The molecule has 2 N–H and O–H groups in total. The highest BCUT2D eigenvalue weighted by Gasteiger charge is 2.28. The molecule has 0 radical (unpaired) electrons. The Kier molecular flexibility index (Phi) is 5.74. The average Bonchev–Trinajstić information content (AvgIpc) is 3.04. The Morgan fingerprint density at radius 2 is 2.22 bits per heavy atom. The molecule has 124 valence electrons. The molecule has 2 heterocycles. The number of carbonyl (C=O) groups excluding carboxylic acids is 1. The van der Waals surface area contributed by atoms with Crippen molar-refractivity contribution in [2.75, 3.05) is 13.1 Å². The molecule has 1 aromatic heterocycles. The van der Waals surface area contributed by atoms with E-state index < -0.39 is 0 Å². The van der Waals surface area contributed by atoms with Crippen LogP contribution in [0.15, 0.2) is 30.5 Å². The summed E-state index contributed by atoms with van der Waals surface area (Å²) in [5.41, 5.74) is 8.21. The van der Waals surface area contributed by atoms with Crippen molar-refractivity contribution in [3.05, 3.63) is 41.7 Å². The lowest BCUT2D eigenvalue weighted by Crippen LogP contribution is -2.47. The monoisotopic (exact) mass is 335 g/mol. The standard InChI is InChI=1S/C16H21N5O.ClH/c1-12-5-4-7-13(9-12)21-11-15(18-19-21)16(22)20-8-3-2-6-14(20)10-17;/h4-5,7,9,11,14H,2-3,6,8,10,17H2,1H3;1H. The van der Waals surface area contributed by atoms with Gasteiger partial charge in [-0.3, -0.25) is 4.79 Å². The summed E-state index contributed by atoms with van der Waals surface area (Å²) >= 11 is 0. The average molecular weight is 336 g/mol. The Labute approximate surface area is 142 Å². The van der Waals surface area contributed by atoms with E-state index in [4.69, 9.17) is 5.73 Å². The SMILES string of the molecule is Cc1cccc(-n2cc(C(=O)N3CCCCC3CN)nn2)c1.Cl. The van der Waals surface area contributed by atoms with Gasteiger partial charge in [0.1, 0.15) is 0 Å². The van der Waals surface area contributed by atoms with Crippen LogP contribution in [0.2, 0.25) is 0 Å². The summed E-state index contributed by atoms with van der Waals surface area (Å²) in [7, 11) is 0. The Hall–Kier alpha value is -1.92. The molecule has 1 saturated heterocycles. The maximum absolute atomic E-state index is 12.6. The smallest absolute Gasteiger partial charge is 0.276 e. The summed E-state index contributed by atoms with van der Waals surface area (Å²) in [5.74, 6) is -0.0750. The molecule has 0 saturated carbocycles. The van der Waals surface area contributed by atoms with Crippen molar-refractivity contribution >= 4 is 18.3 Å². The van der Waals surface area contributed by atoms with Crippen molar-refractivity contribution in [3.63, 3.8) is 0 Å². The predicted octanol–water partition coefficient (Wildman–Crippen LogP) is 1.95. The summed E-state index contributed by atoms with van der Waals surface area (Å²) in [6.07, 6.45) is 4.81. The minimum absolute atomic E-state index is 0. The van der Waals surface area contributed by atoms with Crippen molar-refractivity contribution in [1.29, 1.82) is 0 Å². The maximum Gasteiger partial charge on any atom is 0.276 e. The number of halogens is 1. The van der Waals surface area contributed by atoms with Crippen molar-refractivity contribution in [3.8, 4) is 5.69 Å². The topological polar surface area (TPSA) is 77.0 Å². The number of aryl methyl sites for hydroxylation is 1. The van der Waals surface area contributed by atoms with E-state index in [1.165, 1.54) is 0 Å². The quantitative estimate of drug-likeness (QED) is 0.930. The van der Waals surface area contributed by atoms with Gasteiger partial charge in [0.15, 0.2) is 5.69 Å². The third-order valence-electron chi connectivity index (χ3n) is 4.14. The molecule has 7 heteroatoms. The van der Waals surface area contributed by atoms with Gasteiger partial charge in [-0.1, -0.05) is 17.3 Å². The van der Waals surface area contributed by atoms with Gasteiger partial charge >= 0.3 is 0 Å². The number of nitrogens with two attached hydrogens (primary N) is 1. The zero-order valence-corrected chi connectivity index (χ0v) is 14.0. The molecular weight excluding hydrogens is 314 g/mol. The molecule has 1 aromatic carbocycles. The van der Waals surface area contributed by atoms with Gasteiger partial charge in [-0.25, -0.2) is 4.68 Å². The van der Waals surface area contributed by atoms with Crippen LogP contribution in [-0.4, -0.2) is 44.9 Å². The van der Waals surface area contributed by atoms with E-state index in [1.807, 2.05) is 36.1 Å². The molecule has 1 unspecified atom stereocenters. The fraction of sp³-hybridized carbons (Fsp3) is 0.438. The number of likely N-dealkylation sites (tertiary alicyclic amines) is 1. The highest BCUT2D eigenvalue weighted by atomic mass is 35.5. The molecule has 1 amide bonds. The van der Waals surface area contributed by atoms with Gasteiger partial charge in [-0.05, 0) is 43.9 Å². The van der Waals surface area contributed by atoms with Gasteiger partial charge in [-0.15, -0.1) is 17.5 Å². The summed E-state index contributed by atoms with van der Waals surface area (Å²) < 4.78 is 1.64. The van der Waals surface area contributed by atoms with Crippen molar-refractivity contribution < 1.29 is 4.79 Å². The fourth-order valence-corrected chi connectivity index (χ4v) is 2.92. The Bertz CT molecular complexity index is 672. The summed E-state index contributed by atoms with van der Waals surface area (Å²) in [5, 5.41) is 8.13. The fourth-order valence-electron chi connectivity index (χ4n) is 2.92. The highest BCUT2D eigenvalue weighted by Crippen LogP contribution is 2.18. The number of hydrogen-bond donors (Lipinski definition) is 1. The first-order valence-corrected chi connectivity index (χ1v) is 7.69. The first kappa shape index (κ1) is 17.4. The number of piperidine rings is 1. The molecule has 1 atom stereocenters. The molecule has 0 bridgehead atoms. The second-order valence-electron chi connectivity index (χ2n) is 5.77. The van der Waals surface area contributed by atoms with Gasteiger partial charge in [0.05, 0.1) is 11.9 Å². The summed E-state index contributed by atoms with van der Waals surface area (Å²) in [4.78, 5) is 14.5. The molecular formula is C16H22ClN5O. The normalized spacial score (nSPS) is 17.7. The third-order valence-corrected chi connectivity index (χ3v) is 4.14. The number of benzene rings is 1. The van der Waals surface area contributed by atoms with Crippen LogP contribution < -0.4 is 5.73 Å². The third kappa shape index (κ3) is 3.71. The van der Waals surface area contributed by atoms with Gasteiger partial charge in [-0.2, -0.15) is 0 Å². The van der Waals surface area contributed by atoms with E-state index in [0.717, 1.165) is 37.1 Å².